The molecule has 0 fully saturated rings. The van der Waals surface area contributed by atoms with E-state index in [4.69, 9.17) is 5.73 Å². The zero-order valence-electron chi connectivity index (χ0n) is 10.2. The van der Waals surface area contributed by atoms with Gasteiger partial charge in [0.25, 0.3) is 0 Å². The fourth-order valence-corrected chi connectivity index (χ4v) is 1.72. The van der Waals surface area contributed by atoms with Crippen LogP contribution in [-0.4, -0.2) is 15.4 Å². The number of rotatable bonds is 4. The van der Waals surface area contributed by atoms with Gasteiger partial charge in [0.2, 0.25) is 0 Å². The van der Waals surface area contributed by atoms with Crippen LogP contribution >= 0.6 is 0 Å². The molecule has 0 unspecified atom stereocenters. The second kappa shape index (κ2) is 6.76. The Morgan fingerprint density at radius 2 is 1.84 bits per heavy atom. The van der Waals surface area contributed by atoms with Crippen LogP contribution in [0.1, 0.15) is 11.1 Å². The predicted octanol–water partition coefficient (Wildman–Crippen LogP) is -0.897. The first-order chi connectivity index (χ1) is 7.98. The molecule has 0 bridgehead atoms. The third kappa shape index (κ3) is 6.95. The van der Waals surface area contributed by atoms with Crippen molar-refractivity contribution in [1.29, 1.82) is 0 Å². The minimum Gasteiger partial charge on any atom is -0.449 e. The number of nitrogens with two attached hydrogens (primary N) is 1. The molecule has 0 spiro atoms. The summed E-state index contributed by atoms with van der Waals surface area (Å²) in [6.07, 6.45) is -1.25. The summed E-state index contributed by atoms with van der Waals surface area (Å²) in [6, 6.07) is 1.75. The van der Waals surface area contributed by atoms with Gasteiger partial charge in [-0.1, -0.05) is 15.8 Å². The number of nitrogen functional groups attached to an aromatic ring is 1. The summed E-state index contributed by atoms with van der Waals surface area (Å²) in [5.41, 5.74) is 5.20. The van der Waals surface area contributed by atoms with Crippen molar-refractivity contribution in [2.75, 3.05) is 5.73 Å². The number of benzene rings is 1. The summed E-state index contributed by atoms with van der Waals surface area (Å²) in [6.45, 7) is -3.77. The summed E-state index contributed by atoms with van der Waals surface area (Å²) in [5, 5.41) is 0. The van der Waals surface area contributed by atoms with Gasteiger partial charge in [-0.3, -0.25) is 0 Å². The van der Waals surface area contributed by atoms with Crippen molar-refractivity contribution in [1.82, 2.24) is 0 Å². The van der Waals surface area contributed by atoms with Crippen molar-refractivity contribution in [3.63, 3.8) is 0 Å². The van der Waals surface area contributed by atoms with Gasteiger partial charge in [-0.05, 0) is 18.6 Å². The molecule has 1 aromatic rings. The maximum atomic E-state index is 12.3. The molecule has 102 valence electrons. The van der Waals surface area contributed by atoms with Crippen LogP contribution in [0.3, 0.4) is 0 Å². The van der Waals surface area contributed by atoms with E-state index in [1.54, 1.807) is 0 Å². The Morgan fingerprint density at radius 3 is 2.26 bits per heavy atom. The molecule has 0 radical (unpaired) electrons. The molecular formula is C8H9BF4KNO3S. The molecule has 0 amide bonds. The zero-order chi connectivity index (χ0) is 14.1. The smallest absolute Gasteiger partial charge is 0.449 e. The predicted molar refractivity (Wildman–Crippen MR) is 59.0 cm³/mol. The van der Waals surface area contributed by atoms with E-state index in [-0.39, 0.29) is 68.2 Å². The molecule has 0 aliphatic carbocycles. The summed E-state index contributed by atoms with van der Waals surface area (Å²) in [4.78, 5) is 0. The Balaban J connectivity index is 0.00000324. The van der Waals surface area contributed by atoms with Crippen LogP contribution in [0, 0.1) is 6.92 Å². The summed E-state index contributed by atoms with van der Waals surface area (Å²) in [7, 11) is -5.30. The summed E-state index contributed by atoms with van der Waals surface area (Å²) < 4.78 is 73.5. The van der Waals surface area contributed by atoms with E-state index in [0.29, 0.717) is 0 Å². The van der Waals surface area contributed by atoms with Gasteiger partial charge >= 0.3 is 68.9 Å². The molecule has 0 aliphatic rings. The molecule has 0 aromatic heterocycles. The van der Waals surface area contributed by atoms with E-state index >= 15 is 0 Å². The van der Waals surface area contributed by atoms with Crippen molar-refractivity contribution in [3.8, 4) is 5.75 Å². The Kier molecular flexibility index (Phi) is 6.83. The van der Waals surface area contributed by atoms with Gasteiger partial charge in [-0.25, -0.2) is 0 Å². The number of anilines is 1. The van der Waals surface area contributed by atoms with Crippen LogP contribution in [0.15, 0.2) is 12.1 Å². The quantitative estimate of drug-likeness (QED) is 0.337. The number of hydrogen-bond acceptors (Lipinski definition) is 4. The van der Waals surface area contributed by atoms with Crippen molar-refractivity contribution >= 4 is 23.2 Å². The van der Waals surface area contributed by atoms with E-state index in [1.807, 2.05) is 0 Å². The Hall–Kier alpha value is 0.191. The van der Waals surface area contributed by atoms with Gasteiger partial charge < -0.3 is 22.9 Å². The van der Waals surface area contributed by atoms with E-state index < -0.39 is 29.6 Å². The van der Waals surface area contributed by atoms with E-state index in [2.05, 4.69) is 4.18 Å². The van der Waals surface area contributed by atoms with Gasteiger partial charge in [0, 0.05) is 11.8 Å². The van der Waals surface area contributed by atoms with Gasteiger partial charge in [0.15, 0.2) is 0 Å². The first kappa shape index (κ1) is 19.2. The van der Waals surface area contributed by atoms with Crippen LogP contribution < -0.4 is 61.3 Å². The van der Waals surface area contributed by atoms with Gasteiger partial charge in [0.05, 0.1) is 0 Å². The Morgan fingerprint density at radius 1 is 1.32 bits per heavy atom. The molecule has 0 heterocycles. The third-order valence-corrected chi connectivity index (χ3v) is 2.57. The van der Waals surface area contributed by atoms with E-state index in [0.717, 1.165) is 12.1 Å². The maximum Gasteiger partial charge on any atom is 1.00 e. The minimum absolute atomic E-state index is 0. The van der Waals surface area contributed by atoms with Crippen LogP contribution in [-0.2, 0) is 16.8 Å². The molecule has 2 N–H and O–H groups in total. The Bertz CT molecular complexity index is 564. The largest absolute Gasteiger partial charge is 1.00 e. The second-order valence-electron chi connectivity index (χ2n) is 3.69. The van der Waals surface area contributed by atoms with Crippen molar-refractivity contribution in [2.24, 2.45) is 0 Å². The normalized spacial score (nSPS) is 11.8. The molecule has 0 saturated heterocycles. The third-order valence-electron chi connectivity index (χ3n) is 2.18. The van der Waals surface area contributed by atoms with Crippen LogP contribution in [0.4, 0.5) is 22.5 Å². The number of hydrogen-bond donors (Lipinski definition) is 1. The molecule has 1 aromatic carbocycles. The van der Waals surface area contributed by atoms with E-state index in [9.17, 15) is 25.3 Å². The van der Waals surface area contributed by atoms with Crippen molar-refractivity contribution in [3.05, 3.63) is 23.3 Å². The van der Waals surface area contributed by atoms with Crippen molar-refractivity contribution in [2.45, 2.75) is 13.2 Å². The van der Waals surface area contributed by atoms with Crippen LogP contribution in [0.5, 0.6) is 5.75 Å². The van der Waals surface area contributed by atoms with Gasteiger partial charge in [-0.2, -0.15) is 8.42 Å². The van der Waals surface area contributed by atoms with Crippen LogP contribution in [0.2, 0.25) is 0 Å². The van der Waals surface area contributed by atoms with Gasteiger partial charge in [-0.15, -0.1) is 0 Å². The summed E-state index contributed by atoms with van der Waals surface area (Å²) >= 11 is 0. The second-order valence-corrected chi connectivity index (χ2v) is 4.64. The fraction of sp³-hybridized carbons (Fsp3) is 0.250. The Labute approximate surface area is 150 Å². The minimum atomic E-state index is -5.30. The fourth-order valence-electron chi connectivity index (χ4n) is 1.39. The topological polar surface area (TPSA) is 69.4 Å². The molecule has 1 rings (SSSR count). The molecule has 0 saturated carbocycles. The average Bonchev–Trinajstić information content (AvgIpc) is 2.08. The molecule has 4 nitrogen and oxygen atoms in total. The first-order valence-corrected chi connectivity index (χ1v) is 6.03. The first-order valence-electron chi connectivity index (χ1n) is 4.72. The van der Waals surface area contributed by atoms with Crippen LogP contribution in [0.25, 0.3) is 0 Å². The SMILES string of the molecule is Cc1c(N)cc(OS(=O)(=O)F)cc1C[B-](F)(F)F.[K+]. The molecule has 19 heavy (non-hydrogen) atoms. The monoisotopic (exact) mass is 325 g/mol. The maximum absolute atomic E-state index is 12.3. The number of halogens is 4. The molecule has 11 heteroatoms. The molecule has 0 aliphatic heterocycles. The average molecular weight is 325 g/mol. The van der Waals surface area contributed by atoms with Gasteiger partial charge in [0.1, 0.15) is 5.75 Å². The summed E-state index contributed by atoms with van der Waals surface area (Å²) in [5.74, 6) is -0.587. The standard InChI is InChI=1S/C8H9BF4NO3S.K/c1-5-6(4-9(10,11)12)2-7(3-8(5)14)17-18(13,15)16;/h2-3H,4,14H2,1H3;/q-1;+1. The van der Waals surface area contributed by atoms with E-state index in [1.165, 1.54) is 6.92 Å². The molecule has 0 atom stereocenters. The molecular weight excluding hydrogens is 316 g/mol. The zero-order valence-corrected chi connectivity index (χ0v) is 14.1. The van der Waals surface area contributed by atoms with Crippen molar-refractivity contribution < 1.29 is 80.8 Å².